The molecule has 0 bridgehead atoms. The number of aromatic nitrogens is 2. The predicted octanol–water partition coefficient (Wildman–Crippen LogP) is 2.97. The fraction of sp³-hybridized carbons (Fsp3) is 0.0526. The highest BCUT2D eigenvalue weighted by molar-refractivity contribution is 7.71. The summed E-state index contributed by atoms with van der Waals surface area (Å²) < 4.78 is 1.59. The van der Waals surface area contributed by atoms with E-state index in [0.29, 0.717) is 10.9 Å². The number of rotatable bonds is 4. The first-order chi connectivity index (χ1) is 13.4. The van der Waals surface area contributed by atoms with Crippen LogP contribution in [0.2, 0.25) is 5.02 Å². The Labute approximate surface area is 169 Å². The Morgan fingerprint density at radius 3 is 2.61 bits per heavy atom. The zero-order valence-corrected chi connectivity index (χ0v) is 16.1. The fourth-order valence-electron chi connectivity index (χ4n) is 2.59. The maximum atomic E-state index is 12.5. The normalized spacial score (nSPS) is 10.5. The predicted molar refractivity (Wildman–Crippen MR) is 110 cm³/mol. The number of hydrogen-bond acceptors (Lipinski definition) is 4. The van der Waals surface area contributed by atoms with E-state index in [-0.39, 0.29) is 33.0 Å². The molecule has 3 N–H and O–H groups in total. The van der Waals surface area contributed by atoms with Gasteiger partial charge in [0.2, 0.25) is 0 Å². The molecule has 3 rings (SSSR count). The first-order valence-electron chi connectivity index (χ1n) is 8.15. The summed E-state index contributed by atoms with van der Waals surface area (Å²) in [5, 5.41) is 0.649. The van der Waals surface area contributed by atoms with Crippen LogP contribution in [-0.4, -0.2) is 21.4 Å². The van der Waals surface area contributed by atoms with Crippen LogP contribution in [-0.2, 0) is 6.54 Å². The molecule has 0 aliphatic rings. The van der Waals surface area contributed by atoms with Crippen LogP contribution in [0, 0.1) is 4.77 Å². The summed E-state index contributed by atoms with van der Waals surface area (Å²) >= 11 is 11.1. The summed E-state index contributed by atoms with van der Waals surface area (Å²) in [4.78, 5) is 39.9. The highest BCUT2D eigenvalue weighted by Gasteiger charge is 2.13. The van der Waals surface area contributed by atoms with Crippen molar-refractivity contribution in [2.45, 2.75) is 6.54 Å². The number of nitrogens with one attached hydrogen (secondary N) is 3. The second-order valence-corrected chi connectivity index (χ2v) is 6.58. The van der Waals surface area contributed by atoms with Crippen molar-refractivity contribution in [3.8, 4) is 0 Å². The van der Waals surface area contributed by atoms with Crippen molar-refractivity contribution in [3.05, 3.63) is 86.4 Å². The lowest BCUT2D eigenvalue weighted by molar-refractivity contribution is 0.0847. The zero-order valence-electron chi connectivity index (χ0n) is 14.5. The average molecular weight is 415 g/mol. The Morgan fingerprint density at radius 2 is 1.89 bits per heavy atom. The van der Waals surface area contributed by atoms with Gasteiger partial charge in [0.1, 0.15) is 0 Å². The van der Waals surface area contributed by atoms with E-state index in [4.69, 9.17) is 23.8 Å². The quantitative estimate of drug-likeness (QED) is 0.347. The lowest BCUT2D eigenvalue weighted by atomic mass is 10.1. The number of hydrazine groups is 1. The van der Waals surface area contributed by atoms with Crippen LogP contribution >= 0.6 is 23.8 Å². The molecule has 2 amide bonds. The number of carbonyl (C=O) groups excluding carboxylic acids is 2. The van der Waals surface area contributed by atoms with Crippen molar-refractivity contribution in [3.63, 3.8) is 0 Å². The number of nitrogens with zero attached hydrogens (tertiary/aromatic N) is 1. The van der Waals surface area contributed by atoms with E-state index in [1.54, 1.807) is 24.3 Å². The van der Waals surface area contributed by atoms with E-state index in [1.165, 1.54) is 28.8 Å². The monoisotopic (exact) mass is 414 g/mol. The molecule has 1 heterocycles. The molecule has 0 fully saturated rings. The van der Waals surface area contributed by atoms with E-state index in [1.807, 2.05) is 0 Å². The first-order valence-corrected chi connectivity index (χ1v) is 8.94. The van der Waals surface area contributed by atoms with Gasteiger partial charge in [-0.15, -0.1) is 6.58 Å². The van der Waals surface area contributed by atoms with E-state index in [0.717, 1.165) is 0 Å². The number of amides is 2. The third-order valence-electron chi connectivity index (χ3n) is 3.96. The van der Waals surface area contributed by atoms with Crippen molar-refractivity contribution in [2.75, 3.05) is 0 Å². The lowest BCUT2D eigenvalue weighted by Crippen LogP contribution is -2.41. The van der Waals surface area contributed by atoms with Crippen molar-refractivity contribution in [1.82, 2.24) is 20.4 Å². The number of H-pyrrole nitrogens is 1. The highest BCUT2D eigenvalue weighted by atomic mass is 35.5. The number of hydrogen-bond donors (Lipinski definition) is 3. The van der Waals surface area contributed by atoms with E-state index < -0.39 is 11.8 Å². The molecule has 0 saturated heterocycles. The second-order valence-electron chi connectivity index (χ2n) is 5.78. The third-order valence-corrected chi connectivity index (χ3v) is 4.62. The number of aromatic amines is 1. The van der Waals surface area contributed by atoms with Gasteiger partial charge in [0.05, 0.1) is 21.5 Å². The van der Waals surface area contributed by atoms with Crippen molar-refractivity contribution >= 4 is 46.5 Å². The Hall–Kier alpha value is -3.23. The highest BCUT2D eigenvalue weighted by Crippen LogP contribution is 2.14. The standard InChI is InChI=1S/C19H15ClN4O3S/c1-2-9-24-18(27)13-8-7-11(10-15(13)21-19(24)28)16(25)22-23-17(26)12-5-3-4-6-14(12)20/h2-8,10H,1,9H2,(H,21,28)(H,22,25)(H,23,26). The molecular weight excluding hydrogens is 400 g/mol. The van der Waals surface area contributed by atoms with Gasteiger partial charge >= 0.3 is 0 Å². The van der Waals surface area contributed by atoms with Crippen molar-refractivity contribution in [2.24, 2.45) is 0 Å². The fourth-order valence-corrected chi connectivity index (χ4v) is 3.08. The molecule has 28 heavy (non-hydrogen) atoms. The molecule has 2 aromatic carbocycles. The van der Waals surface area contributed by atoms with Gasteiger partial charge in [-0.05, 0) is 42.5 Å². The summed E-state index contributed by atoms with van der Waals surface area (Å²) in [7, 11) is 0. The number of halogens is 1. The van der Waals surface area contributed by atoms with Crippen LogP contribution < -0.4 is 16.4 Å². The average Bonchev–Trinajstić information content (AvgIpc) is 2.69. The SMILES string of the molecule is C=CCn1c(=S)[nH]c2cc(C(=O)NNC(=O)c3ccccc3Cl)ccc2c1=O. The minimum Gasteiger partial charge on any atom is -0.332 e. The molecule has 0 aliphatic heterocycles. The van der Waals surface area contributed by atoms with Gasteiger partial charge < -0.3 is 4.98 Å². The lowest BCUT2D eigenvalue weighted by Gasteiger charge is -2.10. The van der Waals surface area contributed by atoms with Gasteiger partial charge in [-0.3, -0.25) is 29.8 Å². The number of allylic oxidation sites excluding steroid dienone is 1. The summed E-state index contributed by atoms with van der Waals surface area (Å²) in [5.74, 6) is -1.11. The number of benzene rings is 2. The van der Waals surface area contributed by atoms with Gasteiger partial charge in [0.25, 0.3) is 17.4 Å². The smallest absolute Gasteiger partial charge is 0.271 e. The minimum atomic E-state index is -0.558. The summed E-state index contributed by atoms with van der Waals surface area (Å²) in [5.41, 5.74) is 5.22. The van der Waals surface area contributed by atoms with E-state index in [9.17, 15) is 14.4 Å². The third kappa shape index (κ3) is 3.88. The molecular formula is C19H15ClN4O3S. The topological polar surface area (TPSA) is 96.0 Å². The largest absolute Gasteiger partial charge is 0.332 e. The molecule has 0 aliphatic carbocycles. The van der Waals surface area contributed by atoms with Gasteiger partial charge in [-0.1, -0.05) is 29.8 Å². The number of fused-ring (bicyclic) bond motifs is 1. The molecule has 142 valence electrons. The van der Waals surface area contributed by atoms with Crippen molar-refractivity contribution in [1.29, 1.82) is 0 Å². The Morgan fingerprint density at radius 1 is 1.18 bits per heavy atom. The van der Waals surface area contributed by atoms with Crippen LogP contribution in [0.25, 0.3) is 10.9 Å². The molecule has 0 radical (unpaired) electrons. The molecule has 1 aromatic heterocycles. The van der Waals surface area contributed by atoms with Crippen molar-refractivity contribution < 1.29 is 9.59 Å². The molecule has 3 aromatic rings. The summed E-state index contributed by atoms with van der Waals surface area (Å²) in [6, 6.07) is 11.0. The maximum absolute atomic E-state index is 12.5. The molecule has 0 saturated carbocycles. The summed E-state index contributed by atoms with van der Waals surface area (Å²) in [6.07, 6.45) is 1.57. The van der Waals surface area contributed by atoms with Gasteiger partial charge in [-0.25, -0.2) is 0 Å². The minimum absolute atomic E-state index is 0.224. The summed E-state index contributed by atoms with van der Waals surface area (Å²) in [6.45, 7) is 3.88. The van der Waals surface area contributed by atoms with E-state index in [2.05, 4.69) is 22.4 Å². The van der Waals surface area contributed by atoms with Gasteiger partial charge in [0, 0.05) is 12.1 Å². The Bertz CT molecular complexity index is 1220. The Balaban J connectivity index is 1.82. The molecule has 7 nitrogen and oxygen atoms in total. The Kier molecular flexibility index (Phi) is 5.72. The van der Waals surface area contributed by atoms with Gasteiger partial charge in [0.15, 0.2) is 4.77 Å². The zero-order chi connectivity index (χ0) is 20.3. The van der Waals surface area contributed by atoms with Crippen LogP contribution in [0.3, 0.4) is 0 Å². The molecule has 0 spiro atoms. The first kappa shape index (κ1) is 19.5. The van der Waals surface area contributed by atoms with Crippen LogP contribution in [0.5, 0.6) is 0 Å². The molecule has 0 unspecified atom stereocenters. The second kappa shape index (κ2) is 8.20. The van der Waals surface area contributed by atoms with Crippen LogP contribution in [0.1, 0.15) is 20.7 Å². The maximum Gasteiger partial charge on any atom is 0.271 e. The number of carbonyl (C=O) groups is 2. The van der Waals surface area contributed by atoms with Crippen LogP contribution in [0.15, 0.2) is 59.9 Å². The van der Waals surface area contributed by atoms with Gasteiger partial charge in [-0.2, -0.15) is 0 Å². The van der Waals surface area contributed by atoms with E-state index >= 15 is 0 Å². The molecule has 9 heteroatoms. The molecule has 0 atom stereocenters. The van der Waals surface area contributed by atoms with Crippen LogP contribution in [0.4, 0.5) is 0 Å².